The Morgan fingerprint density at radius 1 is 1.23 bits per heavy atom. The number of nitrogens with one attached hydrogen (secondary N) is 2. The summed E-state index contributed by atoms with van der Waals surface area (Å²) in [7, 11) is 1.31. The van der Waals surface area contributed by atoms with Crippen LogP contribution in [-0.4, -0.2) is 38.7 Å². The second-order valence-corrected chi connectivity index (χ2v) is 5.75. The summed E-state index contributed by atoms with van der Waals surface area (Å²) < 4.78 is 6.56. The molecule has 0 saturated carbocycles. The van der Waals surface area contributed by atoms with Crippen LogP contribution in [-0.2, 0) is 11.3 Å². The molecule has 1 amide bonds. The number of carbonyl (C=O) groups is 2. The fraction of sp³-hybridized carbons (Fsp3) is 0.222. The summed E-state index contributed by atoms with van der Waals surface area (Å²) in [6.45, 7) is 3.62. The van der Waals surface area contributed by atoms with Crippen molar-refractivity contribution in [2.45, 2.75) is 20.4 Å². The highest BCUT2D eigenvalue weighted by Crippen LogP contribution is 2.19. The predicted octanol–water partition coefficient (Wildman–Crippen LogP) is 1.93. The van der Waals surface area contributed by atoms with Gasteiger partial charge in [-0.3, -0.25) is 9.36 Å². The molecule has 3 aromatic rings. The molecule has 0 aliphatic carbocycles. The fourth-order valence-electron chi connectivity index (χ4n) is 2.82. The molecule has 0 aliphatic heterocycles. The van der Waals surface area contributed by atoms with E-state index in [-0.39, 0.29) is 12.5 Å². The van der Waals surface area contributed by atoms with Crippen LogP contribution < -0.4 is 5.32 Å². The lowest BCUT2D eigenvalue weighted by Gasteiger charge is -2.08. The van der Waals surface area contributed by atoms with Crippen LogP contribution in [0.5, 0.6) is 0 Å². The first-order valence-electron chi connectivity index (χ1n) is 8.03. The molecule has 0 spiro atoms. The lowest BCUT2D eigenvalue weighted by atomic mass is 10.1. The quantitative estimate of drug-likeness (QED) is 0.683. The third-order valence-electron chi connectivity index (χ3n) is 4.11. The molecule has 8 heteroatoms. The number of aromatic amines is 1. The first-order chi connectivity index (χ1) is 12.5. The van der Waals surface area contributed by atoms with Crippen LogP contribution in [0.1, 0.15) is 37.9 Å². The zero-order chi connectivity index (χ0) is 18.7. The van der Waals surface area contributed by atoms with E-state index >= 15 is 0 Å². The summed E-state index contributed by atoms with van der Waals surface area (Å²) in [5.74, 6) is -0.207. The van der Waals surface area contributed by atoms with Crippen molar-refractivity contribution >= 4 is 11.9 Å². The van der Waals surface area contributed by atoms with Crippen LogP contribution in [0, 0.1) is 13.8 Å². The largest absolute Gasteiger partial charge is 0.465 e. The van der Waals surface area contributed by atoms with Crippen LogP contribution in [0.15, 0.2) is 36.7 Å². The number of aryl methyl sites for hydroxylation is 1. The van der Waals surface area contributed by atoms with E-state index in [1.165, 1.54) is 7.11 Å². The van der Waals surface area contributed by atoms with Gasteiger partial charge in [0.05, 0.1) is 19.2 Å². The molecule has 0 atom stereocenters. The summed E-state index contributed by atoms with van der Waals surface area (Å²) in [6.07, 6.45) is 1.59. The van der Waals surface area contributed by atoms with Crippen LogP contribution in [0.2, 0.25) is 0 Å². The van der Waals surface area contributed by atoms with Crippen LogP contribution in [0.25, 0.3) is 5.69 Å². The molecule has 8 nitrogen and oxygen atoms in total. The molecule has 2 aromatic heterocycles. The Morgan fingerprint density at radius 3 is 2.65 bits per heavy atom. The Balaban J connectivity index is 1.77. The Kier molecular flexibility index (Phi) is 4.83. The second-order valence-electron chi connectivity index (χ2n) is 5.75. The van der Waals surface area contributed by atoms with Crippen molar-refractivity contribution in [3.05, 3.63) is 65.0 Å². The molecule has 0 radical (unpaired) electrons. The summed E-state index contributed by atoms with van der Waals surface area (Å²) in [5, 5.41) is 10.8. The molecular weight excluding hydrogens is 334 g/mol. The Bertz CT molecular complexity index is 943. The number of carbonyl (C=O) groups excluding carboxylic acids is 2. The standard InChI is InChI=1S/C18H19N5O3/c1-11-15(18(25)26-3)12(2)21-16(11)17(24)19-9-14-22-20-10-23(14)13-7-5-4-6-8-13/h4-8,10,21H,9H2,1-3H3,(H,19,24). The summed E-state index contributed by atoms with van der Waals surface area (Å²) >= 11 is 0. The number of hydrogen-bond donors (Lipinski definition) is 2. The summed E-state index contributed by atoms with van der Waals surface area (Å²) in [6, 6.07) is 9.60. The van der Waals surface area contributed by atoms with Gasteiger partial charge in [-0.2, -0.15) is 0 Å². The first-order valence-corrected chi connectivity index (χ1v) is 8.03. The number of amides is 1. The maximum absolute atomic E-state index is 12.5. The maximum Gasteiger partial charge on any atom is 0.339 e. The smallest absolute Gasteiger partial charge is 0.339 e. The lowest BCUT2D eigenvalue weighted by Crippen LogP contribution is -2.25. The van der Waals surface area contributed by atoms with Gasteiger partial charge < -0.3 is 15.0 Å². The van der Waals surface area contributed by atoms with Gasteiger partial charge in [-0.25, -0.2) is 4.79 Å². The Labute approximate surface area is 150 Å². The average Bonchev–Trinajstić information content (AvgIpc) is 3.24. The number of methoxy groups -OCH3 is 1. The normalized spacial score (nSPS) is 10.6. The van der Waals surface area contributed by atoms with Crippen molar-refractivity contribution in [1.29, 1.82) is 0 Å². The van der Waals surface area contributed by atoms with E-state index in [4.69, 9.17) is 4.74 Å². The molecule has 134 valence electrons. The highest BCUT2D eigenvalue weighted by atomic mass is 16.5. The van der Waals surface area contributed by atoms with Crippen LogP contribution in [0.4, 0.5) is 0 Å². The molecule has 26 heavy (non-hydrogen) atoms. The van der Waals surface area contributed by atoms with E-state index in [1.807, 2.05) is 30.3 Å². The van der Waals surface area contributed by atoms with Crippen molar-refractivity contribution in [2.24, 2.45) is 0 Å². The maximum atomic E-state index is 12.5. The van der Waals surface area contributed by atoms with E-state index in [0.717, 1.165) is 5.69 Å². The molecule has 0 bridgehead atoms. The number of nitrogens with zero attached hydrogens (tertiary/aromatic N) is 3. The van der Waals surface area contributed by atoms with Crippen LogP contribution in [0.3, 0.4) is 0 Å². The topological polar surface area (TPSA) is 102 Å². The number of ether oxygens (including phenoxy) is 1. The molecule has 1 aromatic carbocycles. The number of aromatic nitrogens is 4. The molecular formula is C18H19N5O3. The zero-order valence-electron chi connectivity index (χ0n) is 14.7. The minimum Gasteiger partial charge on any atom is -0.465 e. The third-order valence-corrected chi connectivity index (χ3v) is 4.11. The Morgan fingerprint density at radius 2 is 1.96 bits per heavy atom. The van der Waals surface area contributed by atoms with Crippen molar-refractivity contribution in [2.75, 3.05) is 7.11 Å². The average molecular weight is 353 g/mol. The monoisotopic (exact) mass is 353 g/mol. The Hall–Kier alpha value is -3.42. The van der Waals surface area contributed by atoms with Gasteiger partial charge in [0.25, 0.3) is 5.91 Å². The molecule has 3 rings (SSSR count). The zero-order valence-corrected chi connectivity index (χ0v) is 14.7. The minimum atomic E-state index is -0.473. The van der Waals surface area contributed by atoms with Crippen molar-refractivity contribution in [1.82, 2.24) is 25.1 Å². The highest BCUT2D eigenvalue weighted by molar-refractivity contribution is 6.00. The summed E-state index contributed by atoms with van der Waals surface area (Å²) in [5.41, 5.74) is 2.75. The molecule has 0 fully saturated rings. The van der Waals surface area contributed by atoms with Crippen molar-refractivity contribution in [3.63, 3.8) is 0 Å². The summed E-state index contributed by atoms with van der Waals surface area (Å²) in [4.78, 5) is 27.3. The van der Waals surface area contributed by atoms with Crippen molar-refractivity contribution < 1.29 is 14.3 Å². The molecule has 2 heterocycles. The third kappa shape index (κ3) is 3.21. The molecule has 2 N–H and O–H groups in total. The molecule has 0 aliphatic rings. The second kappa shape index (κ2) is 7.22. The van der Waals surface area contributed by atoms with Gasteiger partial charge >= 0.3 is 5.97 Å². The number of hydrogen-bond acceptors (Lipinski definition) is 5. The van der Waals surface area contributed by atoms with Gasteiger partial charge in [-0.05, 0) is 31.5 Å². The lowest BCUT2D eigenvalue weighted by molar-refractivity contribution is 0.0599. The van der Waals surface area contributed by atoms with Gasteiger partial charge in [0.1, 0.15) is 12.0 Å². The van der Waals surface area contributed by atoms with E-state index in [2.05, 4.69) is 20.5 Å². The van der Waals surface area contributed by atoms with Gasteiger partial charge in [-0.1, -0.05) is 18.2 Å². The number of H-pyrrole nitrogens is 1. The number of esters is 1. The van der Waals surface area contributed by atoms with Crippen LogP contribution >= 0.6 is 0 Å². The highest BCUT2D eigenvalue weighted by Gasteiger charge is 2.22. The fourth-order valence-corrected chi connectivity index (χ4v) is 2.82. The van der Waals surface area contributed by atoms with E-state index in [0.29, 0.717) is 28.3 Å². The predicted molar refractivity (Wildman–Crippen MR) is 94.1 cm³/mol. The number of para-hydroxylation sites is 1. The number of rotatable bonds is 5. The molecule has 0 saturated heterocycles. The minimum absolute atomic E-state index is 0.193. The first kappa shape index (κ1) is 17.4. The van der Waals surface area contributed by atoms with E-state index < -0.39 is 5.97 Å². The van der Waals surface area contributed by atoms with Gasteiger partial charge in [-0.15, -0.1) is 10.2 Å². The van der Waals surface area contributed by atoms with Gasteiger partial charge in [0.15, 0.2) is 5.82 Å². The van der Waals surface area contributed by atoms with Gasteiger partial charge in [0.2, 0.25) is 0 Å². The van der Waals surface area contributed by atoms with Gasteiger partial charge in [0, 0.05) is 11.4 Å². The van der Waals surface area contributed by atoms with Crippen molar-refractivity contribution in [3.8, 4) is 5.69 Å². The SMILES string of the molecule is COC(=O)c1c(C)[nH]c(C(=O)NCc2nncn2-c2ccccc2)c1C. The van der Waals surface area contributed by atoms with E-state index in [9.17, 15) is 9.59 Å². The number of benzene rings is 1. The molecule has 0 unspecified atom stereocenters. The van der Waals surface area contributed by atoms with E-state index in [1.54, 1.807) is 24.7 Å².